The highest BCUT2D eigenvalue weighted by Crippen LogP contribution is 2.27. The van der Waals surface area contributed by atoms with Gasteiger partial charge < -0.3 is 11.1 Å². The highest BCUT2D eigenvalue weighted by Gasteiger charge is 2.19. The minimum atomic E-state index is 0.130. The number of rotatable bonds is 5. The summed E-state index contributed by atoms with van der Waals surface area (Å²) in [5.41, 5.74) is 5.86. The number of carbonyl (C=O) groups is 1. The molecule has 0 bridgehead atoms. The second-order valence-electron chi connectivity index (χ2n) is 5.21. The summed E-state index contributed by atoms with van der Waals surface area (Å²) in [6.07, 6.45) is 4.56. The van der Waals surface area contributed by atoms with Gasteiger partial charge in [-0.25, -0.2) is 0 Å². The summed E-state index contributed by atoms with van der Waals surface area (Å²) in [7, 11) is 0. The zero-order valence-corrected chi connectivity index (χ0v) is 13.1. The van der Waals surface area contributed by atoms with Gasteiger partial charge in [0.25, 0.3) is 0 Å². The molecule has 1 aromatic carbocycles. The van der Waals surface area contributed by atoms with Gasteiger partial charge in [0.05, 0.1) is 5.02 Å². The van der Waals surface area contributed by atoms with Crippen LogP contribution in [0.1, 0.15) is 32.1 Å². The molecule has 1 amide bonds. The summed E-state index contributed by atoms with van der Waals surface area (Å²) < 4.78 is 0. The average molecular weight is 313 g/mol. The molecule has 0 heterocycles. The van der Waals surface area contributed by atoms with Crippen LogP contribution in [0, 0.1) is 0 Å². The SMILES string of the molecule is NC1CCC(NC(=O)CCSc2ccccc2Cl)CC1. The van der Waals surface area contributed by atoms with Crippen molar-refractivity contribution < 1.29 is 4.79 Å². The van der Waals surface area contributed by atoms with Crippen LogP contribution in [0.15, 0.2) is 29.2 Å². The van der Waals surface area contributed by atoms with Crippen LogP contribution in [0.2, 0.25) is 5.02 Å². The number of nitrogens with two attached hydrogens (primary N) is 1. The molecule has 1 aromatic rings. The van der Waals surface area contributed by atoms with E-state index < -0.39 is 0 Å². The molecule has 0 spiro atoms. The van der Waals surface area contributed by atoms with E-state index in [1.54, 1.807) is 11.8 Å². The van der Waals surface area contributed by atoms with Crippen molar-refractivity contribution in [2.75, 3.05) is 5.75 Å². The van der Waals surface area contributed by atoms with Crippen LogP contribution in [0.4, 0.5) is 0 Å². The van der Waals surface area contributed by atoms with Crippen molar-refractivity contribution in [3.8, 4) is 0 Å². The Balaban J connectivity index is 1.67. The number of thioether (sulfide) groups is 1. The molecule has 3 nitrogen and oxygen atoms in total. The summed E-state index contributed by atoms with van der Waals surface area (Å²) in [5.74, 6) is 0.881. The molecule has 3 N–H and O–H groups in total. The van der Waals surface area contributed by atoms with Crippen LogP contribution >= 0.6 is 23.4 Å². The fourth-order valence-corrected chi connectivity index (χ4v) is 3.57. The van der Waals surface area contributed by atoms with Gasteiger partial charge in [-0.3, -0.25) is 4.79 Å². The largest absolute Gasteiger partial charge is 0.353 e. The van der Waals surface area contributed by atoms with E-state index in [0.29, 0.717) is 18.5 Å². The number of halogens is 1. The Hall–Kier alpha value is -0.710. The minimum Gasteiger partial charge on any atom is -0.353 e. The molecule has 0 radical (unpaired) electrons. The Kier molecular flexibility index (Phi) is 6.20. The Morgan fingerprint density at radius 2 is 2.00 bits per heavy atom. The maximum atomic E-state index is 11.9. The predicted molar refractivity (Wildman–Crippen MR) is 85.2 cm³/mol. The Labute approximate surface area is 129 Å². The fourth-order valence-electron chi connectivity index (χ4n) is 2.38. The van der Waals surface area contributed by atoms with Crippen LogP contribution in [0.5, 0.6) is 0 Å². The quantitative estimate of drug-likeness (QED) is 0.821. The van der Waals surface area contributed by atoms with Gasteiger partial charge in [-0.1, -0.05) is 23.7 Å². The zero-order chi connectivity index (χ0) is 14.4. The molecule has 5 heteroatoms. The van der Waals surface area contributed by atoms with E-state index in [9.17, 15) is 4.79 Å². The van der Waals surface area contributed by atoms with Crippen LogP contribution in [0.25, 0.3) is 0 Å². The van der Waals surface area contributed by atoms with Crippen molar-refractivity contribution in [3.05, 3.63) is 29.3 Å². The minimum absolute atomic E-state index is 0.130. The number of benzene rings is 1. The van der Waals surface area contributed by atoms with E-state index in [-0.39, 0.29) is 5.91 Å². The van der Waals surface area contributed by atoms with Crippen molar-refractivity contribution in [1.82, 2.24) is 5.32 Å². The first-order valence-electron chi connectivity index (χ1n) is 7.07. The standard InChI is InChI=1S/C15H21ClN2OS/c16-13-3-1-2-4-14(13)20-10-9-15(19)18-12-7-5-11(17)6-8-12/h1-4,11-12H,5-10,17H2,(H,18,19). The van der Waals surface area contributed by atoms with E-state index in [1.807, 2.05) is 24.3 Å². The van der Waals surface area contributed by atoms with E-state index in [1.165, 1.54) is 0 Å². The monoisotopic (exact) mass is 312 g/mol. The number of amides is 1. The van der Waals surface area contributed by atoms with Crippen LogP contribution in [-0.4, -0.2) is 23.7 Å². The first kappa shape index (κ1) is 15.7. The lowest BCUT2D eigenvalue weighted by Crippen LogP contribution is -2.40. The second kappa shape index (κ2) is 7.91. The number of hydrogen-bond donors (Lipinski definition) is 2. The van der Waals surface area contributed by atoms with Crippen molar-refractivity contribution in [1.29, 1.82) is 0 Å². The van der Waals surface area contributed by atoms with Gasteiger partial charge in [0.1, 0.15) is 0 Å². The molecular weight excluding hydrogens is 292 g/mol. The molecule has 20 heavy (non-hydrogen) atoms. The lowest BCUT2D eigenvalue weighted by Gasteiger charge is -2.26. The first-order valence-corrected chi connectivity index (χ1v) is 8.44. The molecule has 1 aliphatic rings. The summed E-state index contributed by atoms with van der Waals surface area (Å²) >= 11 is 7.70. The van der Waals surface area contributed by atoms with Gasteiger partial charge >= 0.3 is 0 Å². The summed E-state index contributed by atoms with van der Waals surface area (Å²) in [6, 6.07) is 8.35. The van der Waals surface area contributed by atoms with Gasteiger partial charge in [-0.05, 0) is 37.8 Å². The van der Waals surface area contributed by atoms with E-state index >= 15 is 0 Å². The summed E-state index contributed by atoms with van der Waals surface area (Å²) in [4.78, 5) is 12.9. The fraction of sp³-hybridized carbons (Fsp3) is 0.533. The lowest BCUT2D eigenvalue weighted by atomic mass is 9.92. The van der Waals surface area contributed by atoms with Crippen LogP contribution in [0.3, 0.4) is 0 Å². The smallest absolute Gasteiger partial charge is 0.221 e. The molecule has 1 saturated carbocycles. The van der Waals surface area contributed by atoms with E-state index in [0.717, 1.165) is 41.4 Å². The molecule has 2 rings (SSSR count). The number of nitrogens with one attached hydrogen (secondary N) is 1. The normalized spacial score (nSPS) is 22.5. The highest BCUT2D eigenvalue weighted by molar-refractivity contribution is 7.99. The molecule has 1 aliphatic carbocycles. The topological polar surface area (TPSA) is 55.1 Å². The second-order valence-corrected chi connectivity index (χ2v) is 6.75. The van der Waals surface area contributed by atoms with Gasteiger partial charge in [-0.2, -0.15) is 0 Å². The Morgan fingerprint density at radius 3 is 2.70 bits per heavy atom. The summed E-state index contributed by atoms with van der Waals surface area (Å²) in [6.45, 7) is 0. The van der Waals surface area contributed by atoms with Crippen molar-refractivity contribution in [2.45, 2.75) is 49.1 Å². The molecule has 1 fully saturated rings. The Morgan fingerprint density at radius 1 is 1.30 bits per heavy atom. The Bertz CT molecular complexity index is 447. The molecule has 0 unspecified atom stereocenters. The van der Waals surface area contributed by atoms with Crippen LogP contribution < -0.4 is 11.1 Å². The van der Waals surface area contributed by atoms with Crippen molar-refractivity contribution >= 4 is 29.3 Å². The summed E-state index contributed by atoms with van der Waals surface area (Å²) in [5, 5.41) is 3.85. The van der Waals surface area contributed by atoms with Gasteiger partial charge in [0.15, 0.2) is 0 Å². The van der Waals surface area contributed by atoms with Crippen molar-refractivity contribution in [2.24, 2.45) is 5.73 Å². The molecule has 110 valence electrons. The van der Waals surface area contributed by atoms with Gasteiger partial charge in [0.2, 0.25) is 5.91 Å². The maximum Gasteiger partial charge on any atom is 0.221 e. The van der Waals surface area contributed by atoms with Gasteiger partial charge in [-0.15, -0.1) is 11.8 Å². The molecular formula is C15H21ClN2OS. The lowest BCUT2D eigenvalue weighted by molar-refractivity contribution is -0.121. The number of carbonyl (C=O) groups excluding carboxylic acids is 1. The molecule has 0 saturated heterocycles. The van der Waals surface area contributed by atoms with Gasteiger partial charge in [0, 0.05) is 29.2 Å². The molecule has 0 aromatic heterocycles. The van der Waals surface area contributed by atoms with Crippen LogP contribution in [-0.2, 0) is 4.79 Å². The zero-order valence-electron chi connectivity index (χ0n) is 11.5. The third-order valence-electron chi connectivity index (χ3n) is 3.56. The van der Waals surface area contributed by atoms with E-state index in [4.69, 9.17) is 17.3 Å². The third kappa shape index (κ3) is 5.00. The predicted octanol–water partition coefficient (Wildman–Crippen LogP) is 3.21. The third-order valence-corrected chi connectivity index (χ3v) is 5.08. The first-order chi connectivity index (χ1) is 9.65. The molecule has 0 aliphatic heterocycles. The highest BCUT2D eigenvalue weighted by atomic mass is 35.5. The molecule has 0 atom stereocenters. The number of hydrogen-bond acceptors (Lipinski definition) is 3. The maximum absolute atomic E-state index is 11.9. The average Bonchev–Trinajstić information content (AvgIpc) is 2.43. The van der Waals surface area contributed by atoms with E-state index in [2.05, 4.69) is 5.32 Å². The van der Waals surface area contributed by atoms with Crippen molar-refractivity contribution in [3.63, 3.8) is 0 Å².